The van der Waals surface area contributed by atoms with Crippen molar-refractivity contribution in [1.82, 2.24) is 4.98 Å². The lowest BCUT2D eigenvalue weighted by atomic mass is 10.3. The first-order valence-corrected chi connectivity index (χ1v) is 4.65. The molecule has 0 aromatic carbocycles. The summed E-state index contributed by atoms with van der Waals surface area (Å²) in [7, 11) is 0. The molecule has 0 radical (unpaired) electrons. The normalized spacial score (nSPS) is 9.75. The van der Waals surface area contributed by atoms with Gasteiger partial charge in [-0.25, -0.2) is 0 Å². The molecule has 0 aliphatic heterocycles. The van der Waals surface area contributed by atoms with Gasteiger partial charge in [0.05, 0.1) is 5.69 Å². The minimum Gasteiger partial charge on any atom is -0.481 e. The predicted molar refractivity (Wildman–Crippen MR) is 56.3 cm³/mol. The molecular formula is C9H11N3O4. The van der Waals surface area contributed by atoms with Crippen LogP contribution in [0.25, 0.3) is 0 Å². The maximum absolute atomic E-state index is 10.3. The van der Waals surface area contributed by atoms with E-state index in [1.165, 1.54) is 18.3 Å². The van der Waals surface area contributed by atoms with Crippen molar-refractivity contribution in [3.8, 4) is 0 Å². The van der Waals surface area contributed by atoms with Crippen molar-refractivity contribution in [3.63, 3.8) is 0 Å². The van der Waals surface area contributed by atoms with Gasteiger partial charge in [0.25, 0.3) is 0 Å². The van der Waals surface area contributed by atoms with E-state index in [9.17, 15) is 14.9 Å². The monoisotopic (exact) mass is 225 g/mol. The number of aliphatic carboxylic acids is 1. The number of carboxylic acid groups (broad SMARTS) is 1. The van der Waals surface area contributed by atoms with Gasteiger partial charge in [-0.1, -0.05) is 0 Å². The van der Waals surface area contributed by atoms with E-state index >= 15 is 0 Å². The highest BCUT2D eigenvalue weighted by molar-refractivity contribution is 5.66. The number of carboxylic acids is 1. The second-order valence-corrected chi connectivity index (χ2v) is 3.09. The Kier molecular flexibility index (Phi) is 4.19. The van der Waals surface area contributed by atoms with E-state index in [1.54, 1.807) is 0 Å². The van der Waals surface area contributed by atoms with Gasteiger partial charge in [0, 0.05) is 19.0 Å². The second kappa shape index (κ2) is 5.64. The van der Waals surface area contributed by atoms with Crippen LogP contribution >= 0.6 is 0 Å². The lowest BCUT2D eigenvalue weighted by Gasteiger charge is -2.02. The Hall–Kier alpha value is -2.18. The van der Waals surface area contributed by atoms with Crippen molar-refractivity contribution in [2.75, 3.05) is 11.9 Å². The van der Waals surface area contributed by atoms with Crippen molar-refractivity contribution < 1.29 is 14.8 Å². The average Bonchev–Trinajstić information content (AvgIpc) is 2.25. The average molecular weight is 225 g/mol. The van der Waals surface area contributed by atoms with Crippen LogP contribution in [0.5, 0.6) is 0 Å². The SMILES string of the molecule is O=C(O)CCCNc1ccc([N+](=O)[O-])nc1. The van der Waals surface area contributed by atoms with E-state index in [4.69, 9.17) is 5.11 Å². The topological polar surface area (TPSA) is 105 Å². The van der Waals surface area contributed by atoms with Gasteiger partial charge in [-0.3, -0.25) is 4.79 Å². The third-order valence-corrected chi connectivity index (χ3v) is 1.83. The molecule has 16 heavy (non-hydrogen) atoms. The number of anilines is 1. The molecule has 2 N–H and O–H groups in total. The molecule has 0 saturated carbocycles. The third-order valence-electron chi connectivity index (χ3n) is 1.83. The number of nitrogens with zero attached hydrogens (tertiary/aromatic N) is 2. The maximum Gasteiger partial charge on any atom is 0.363 e. The molecular weight excluding hydrogens is 214 g/mol. The summed E-state index contributed by atoms with van der Waals surface area (Å²) in [5.74, 6) is -1.06. The fourth-order valence-electron chi connectivity index (χ4n) is 1.07. The van der Waals surface area contributed by atoms with Crippen LogP contribution in [0, 0.1) is 10.1 Å². The van der Waals surface area contributed by atoms with Gasteiger partial charge < -0.3 is 20.5 Å². The van der Waals surface area contributed by atoms with E-state index in [0.717, 1.165) is 0 Å². The van der Waals surface area contributed by atoms with Crippen molar-refractivity contribution in [2.24, 2.45) is 0 Å². The number of rotatable bonds is 6. The number of carbonyl (C=O) groups is 1. The zero-order chi connectivity index (χ0) is 12.0. The third kappa shape index (κ3) is 3.91. The van der Waals surface area contributed by atoms with Crippen LogP contribution < -0.4 is 5.32 Å². The van der Waals surface area contributed by atoms with Crippen LogP contribution in [-0.2, 0) is 4.79 Å². The minimum atomic E-state index is -0.844. The molecule has 7 heteroatoms. The van der Waals surface area contributed by atoms with Crippen LogP contribution in [0.1, 0.15) is 12.8 Å². The Morgan fingerprint density at radius 3 is 2.81 bits per heavy atom. The van der Waals surface area contributed by atoms with Crippen LogP contribution in [0.4, 0.5) is 11.5 Å². The molecule has 0 bridgehead atoms. The summed E-state index contributed by atoms with van der Waals surface area (Å²) in [6, 6.07) is 2.82. The smallest absolute Gasteiger partial charge is 0.363 e. The minimum absolute atomic E-state index is 0.0907. The van der Waals surface area contributed by atoms with Crippen molar-refractivity contribution >= 4 is 17.5 Å². The standard InChI is InChI=1S/C9H11N3O4/c13-9(14)2-1-5-10-7-3-4-8(11-6-7)12(15)16/h3-4,6,10H,1-2,5H2,(H,13,14). The van der Waals surface area contributed by atoms with Gasteiger partial charge in [-0.2, -0.15) is 0 Å². The van der Waals surface area contributed by atoms with Gasteiger partial charge in [-0.15, -0.1) is 0 Å². The quantitative estimate of drug-likeness (QED) is 0.429. The van der Waals surface area contributed by atoms with Crippen molar-refractivity contribution in [2.45, 2.75) is 12.8 Å². The van der Waals surface area contributed by atoms with Crippen LogP contribution in [0.15, 0.2) is 18.3 Å². The molecule has 0 fully saturated rings. The molecule has 0 amide bonds. The summed E-state index contributed by atoms with van der Waals surface area (Å²) in [5, 5.41) is 21.6. The van der Waals surface area contributed by atoms with E-state index in [-0.39, 0.29) is 12.2 Å². The van der Waals surface area contributed by atoms with Gasteiger partial charge in [-0.05, 0) is 22.4 Å². The molecule has 7 nitrogen and oxygen atoms in total. The highest BCUT2D eigenvalue weighted by Gasteiger charge is 2.05. The van der Waals surface area contributed by atoms with E-state index in [1.807, 2.05) is 0 Å². The Morgan fingerprint density at radius 1 is 1.56 bits per heavy atom. The second-order valence-electron chi connectivity index (χ2n) is 3.09. The predicted octanol–water partition coefficient (Wildman–Crippen LogP) is 1.27. The number of nitro groups is 1. The Morgan fingerprint density at radius 2 is 2.31 bits per heavy atom. The lowest BCUT2D eigenvalue weighted by Crippen LogP contribution is -2.05. The number of pyridine rings is 1. The van der Waals surface area contributed by atoms with E-state index < -0.39 is 10.9 Å². The molecule has 0 unspecified atom stereocenters. The molecule has 0 saturated heterocycles. The highest BCUT2D eigenvalue weighted by atomic mass is 16.6. The first-order chi connectivity index (χ1) is 7.59. The van der Waals surface area contributed by atoms with Crippen LogP contribution in [-0.4, -0.2) is 27.5 Å². The molecule has 1 rings (SSSR count). The van der Waals surface area contributed by atoms with Gasteiger partial charge in [0.1, 0.15) is 0 Å². The molecule has 1 aromatic rings. The molecule has 0 aliphatic rings. The van der Waals surface area contributed by atoms with Crippen LogP contribution in [0.2, 0.25) is 0 Å². The summed E-state index contributed by atoms with van der Waals surface area (Å²) in [6.07, 6.45) is 1.93. The van der Waals surface area contributed by atoms with Crippen LogP contribution in [0.3, 0.4) is 0 Å². The first-order valence-electron chi connectivity index (χ1n) is 4.65. The fourth-order valence-corrected chi connectivity index (χ4v) is 1.07. The zero-order valence-corrected chi connectivity index (χ0v) is 8.42. The zero-order valence-electron chi connectivity index (χ0n) is 8.42. The molecule has 86 valence electrons. The molecule has 1 heterocycles. The number of aromatic nitrogens is 1. The number of hydrogen-bond acceptors (Lipinski definition) is 5. The van der Waals surface area contributed by atoms with Gasteiger partial charge >= 0.3 is 11.8 Å². The first kappa shape index (κ1) is 11.9. The van der Waals surface area contributed by atoms with Gasteiger partial charge in [0.15, 0.2) is 6.20 Å². The molecule has 1 aromatic heterocycles. The highest BCUT2D eigenvalue weighted by Crippen LogP contribution is 2.11. The Bertz CT molecular complexity index is 377. The molecule has 0 atom stereocenters. The summed E-state index contributed by atoms with van der Waals surface area (Å²) in [5.41, 5.74) is 0.635. The maximum atomic E-state index is 10.3. The van der Waals surface area contributed by atoms with E-state index in [2.05, 4.69) is 10.3 Å². The molecule has 0 aliphatic carbocycles. The van der Waals surface area contributed by atoms with Crippen molar-refractivity contribution in [3.05, 3.63) is 28.4 Å². The lowest BCUT2D eigenvalue weighted by molar-refractivity contribution is -0.389. The van der Waals surface area contributed by atoms with Crippen molar-refractivity contribution in [1.29, 1.82) is 0 Å². The summed E-state index contributed by atoms with van der Waals surface area (Å²) < 4.78 is 0. The molecule has 0 spiro atoms. The Labute approximate surface area is 91.3 Å². The summed E-state index contributed by atoms with van der Waals surface area (Å²) in [4.78, 5) is 23.6. The van der Waals surface area contributed by atoms with E-state index in [0.29, 0.717) is 18.7 Å². The number of hydrogen-bond donors (Lipinski definition) is 2. The fraction of sp³-hybridized carbons (Fsp3) is 0.333. The summed E-state index contributed by atoms with van der Waals surface area (Å²) in [6.45, 7) is 0.492. The van der Waals surface area contributed by atoms with Gasteiger partial charge in [0.2, 0.25) is 0 Å². The number of nitrogens with one attached hydrogen (secondary N) is 1. The largest absolute Gasteiger partial charge is 0.481 e. The Balaban J connectivity index is 2.38. The summed E-state index contributed by atoms with van der Waals surface area (Å²) >= 11 is 0.